The Bertz CT molecular complexity index is 1190. The highest BCUT2D eigenvalue weighted by Crippen LogP contribution is 2.14. The number of esters is 3. The molecule has 6 nitrogen and oxygen atoms in total. The van der Waals surface area contributed by atoms with Crippen LogP contribution in [-0.4, -0.2) is 37.2 Å². The van der Waals surface area contributed by atoms with Gasteiger partial charge in [-0.05, 0) is 70.6 Å². The molecule has 0 spiro atoms. The third-order valence-corrected chi connectivity index (χ3v) is 10.2. The average Bonchev–Trinajstić information content (AvgIpc) is 3.24. The van der Waals surface area contributed by atoms with E-state index in [1.54, 1.807) is 0 Å². The second kappa shape index (κ2) is 48.3. The molecule has 0 amide bonds. The first kappa shape index (κ1) is 56.6. The molecule has 0 aromatic carbocycles. The summed E-state index contributed by atoms with van der Waals surface area (Å²) in [5, 5.41) is 0. The highest BCUT2D eigenvalue weighted by molar-refractivity contribution is 5.71. The van der Waals surface area contributed by atoms with Gasteiger partial charge in [-0.25, -0.2) is 0 Å². The molecular formula is C54H90O6. The predicted octanol–water partition coefficient (Wildman–Crippen LogP) is 16.0. The summed E-state index contributed by atoms with van der Waals surface area (Å²) in [6.07, 6.45) is 61.6. The summed E-state index contributed by atoms with van der Waals surface area (Å²) < 4.78 is 16.6. The smallest absolute Gasteiger partial charge is 0.306 e. The molecule has 1 unspecified atom stereocenters. The number of hydrogen-bond acceptors (Lipinski definition) is 6. The van der Waals surface area contributed by atoms with Crippen molar-refractivity contribution in [1.29, 1.82) is 0 Å². The summed E-state index contributed by atoms with van der Waals surface area (Å²) in [4.78, 5) is 37.8. The van der Waals surface area contributed by atoms with Crippen molar-refractivity contribution in [2.45, 2.75) is 226 Å². The summed E-state index contributed by atoms with van der Waals surface area (Å²) in [5.74, 6) is -1.08. The van der Waals surface area contributed by atoms with Gasteiger partial charge in [0.1, 0.15) is 13.2 Å². The average molecular weight is 835 g/mol. The zero-order chi connectivity index (χ0) is 43.7. The summed E-state index contributed by atoms with van der Waals surface area (Å²) in [7, 11) is 0. The van der Waals surface area contributed by atoms with Crippen molar-refractivity contribution in [1.82, 2.24) is 0 Å². The lowest BCUT2D eigenvalue weighted by molar-refractivity contribution is -0.166. The first-order valence-electron chi connectivity index (χ1n) is 24.6. The van der Waals surface area contributed by atoms with Crippen LogP contribution in [0.4, 0.5) is 0 Å². The number of hydrogen-bond donors (Lipinski definition) is 0. The standard InChI is InChI=1S/C54H90O6/c1-4-7-10-13-16-19-22-25-26-27-30-32-35-38-41-44-47-53(56)59-50-51(60-54(57)48-45-42-39-36-33-29-24-21-18-15-12-9-6-3)49-58-52(55)46-43-40-37-34-31-28-23-20-17-14-11-8-5-2/h7,10,16,19,25-26,29-30,32-33,38-39,41-42,51H,4-6,8-9,11-15,17-18,20-24,27-28,31,34-37,40,43-50H2,1-3H3/b10-7-,19-16-,26-25-,32-30-,33-29-,41-38-,42-39-. The number of carbonyl (C=O) groups is 3. The summed E-state index contributed by atoms with van der Waals surface area (Å²) in [6, 6.07) is 0. The fourth-order valence-electron chi connectivity index (χ4n) is 6.48. The van der Waals surface area contributed by atoms with Crippen LogP contribution in [0.2, 0.25) is 0 Å². The first-order valence-corrected chi connectivity index (χ1v) is 24.6. The molecule has 0 aromatic rings. The minimum absolute atomic E-state index is 0.121. The predicted molar refractivity (Wildman–Crippen MR) is 256 cm³/mol. The van der Waals surface area contributed by atoms with E-state index in [9.17, 15) is 14.4 Å². The van der Waals surface area contributed by atoms with Gasteiger partial charge in [0.15, 0.2) is 6.10 Å². The Labute approximate surface area is 369 Å². The molecule has 0 aromatic heterocycles. The van der Waals surface area contributed by atoms with Gasteiger partial charge in [0.25, 0.3) is 0 Å². The van der Waals surface area contributed by atoms with Crippen molar-refractivity contribution in [2.24, 2.45) is 0 Å². The molecule has 0 aliphatic carbocycles. The van der Waals surface area contributed by atoms with Gasteiger partial charge in [0.2, 0.25) is 0 Å². The topological polar surface area (TPSA) is 78.9 Å². The second-order valence-electron chi connectivity index (χ2n) is 16.0. The van der Waals surface area contributed by atoms with Crippen molar-refractivity contribution in [3.8, 4) is 0 Å². The zero-order valence-electron chi connectivity index (χ0n) is 38.9. The Morgan fingerprint density at radius 3 is 1.12 bits per heavy atom. The van der Waals surface area contributed by atoms with Gasteiger partial charge < -0.3 is 14.2 Å². The van der Waals surface area contributed by atoms with Crippen LogP contribution in [0.25, 0.3) is 0 Å². The molecular weight excluding hydrogens is 745 g/mol. The van der Waals surface area contributed by atoms with E-state index in [-0.39, 0.29) is 38.0 Å². The Morgan fingerprint density at radius 2 is 0.683 bits per heavy atom. The molecule has 342 valence electrons. The molecule has 0 heterocycles. The Hall–Kier alpha value is -3.41. The summed E-state index contributed by atoms with van der Waals surface area (Å²) in [6.45, 7) is 6.39. The molecule has 0 fully saturated rings. The maximum atomic E-state index is 12.7. The van der Waals surface area contributed by atoms with E-state index in [0.717, 1.165) is 64.2 Å². The van der Waals surface area contributed by atoms with Gasteiger partial charge >= 0.3 is 17.9 Å². The van der Waals surface area contributed by atoms with E-state index < -0.39 is 12.1 Å². The lowest BCUT2D eigenvalue weighted by atomic mass is 10.0. The second-order valence-corrected chi connectivity index (χ2v) is 16.0. The van der Waals surface area contributed by atoms with E-state index in [1.807, 2.05) is 18.2 Å². The molecule has 0 radical (unpaired) electrons. The highest BCUT2D eigenvalue weighted by atomic mass is 16.6. The zero-order valence-corrected chi connectivity index (χ0v) is 38.9. The van der Waals surface area contributed by atoms with Crippen LogP contribution in [0.5, 0.6) is 0 Å². The maximum Gasteiger partial charge on any atom is 0.306 e. The number of carbonyl (C=O) groups excluding carboxylic acids is 3. The minimum Gasteiger partial charge on any atom is -0.462 e. The molecule has 1 atom stereocenters. The summed E-state index contributed by atoms with van der Waals surface area (Å²) >= 11 is 0. The normalized spacial score (nSPS) is 12.8. The molecule has 60 heavy (non-hydrogen) atoms. The molecule has 0 saturated carbocycles. The van der Waals surface area contributed by atoms with Gasteiger partial charge in [-0.3, -0.25) is 14.4 Å². The van der Waals surface area contributed by atoms with Crippen LogP contribution >= 0.6 is 0 Å². The molecule has 0 saturated heterocycles. The van der Waals surface area contributed by atoms with Crippen molar-refractivity contribution >= 4 is 17.9 Å². The summed E-state index contributed by atoms with van der Waals surface area (Å²) in [5.41, 5.74) is 0. The lowest BCUT2D eigenvalue weighted by Gasteiger charge is -2.18. The first-order chi connectivity index (χ1) is 29.5. The minimum atomic E-state index is -0.834. The van der Waals surface area contributed by atoms with Gasteiger partial charge in [-0.15, -0.1) is 0 Å². The van der Waals surface area contributed by atoms with Crippen LogP contribution < -0.4 is 0 Å². The number of unbranched alkanes of at least 4 members (excludes halogenated alkanes) is 18. The van der Waals surface area contributed by atoms with E-state index in [1.165, 1.54) is 103 Å². The molecule has 0 bridgehead atoms. The Morgan fingerprint density at radius 1 is 0.350 bits per heavy atom. The van der Waals surface area contributed by atoms with Gasteiger partial charge in [-0.2, -0.15) is 0 Å². The SMILES string of the molecule is CC/C=C\C/C=C\C/C=C\C/C=C\C/C=C\CCC(=O)OCC(COC(=O)CCCCCCCCCCCCCCC)OC(=O)CC/C=C\C/C=C\CCCCCCCC. The van der Waals surface area contributed by atoms with Crippen LogP contribution in [-0.2, 0) is 28.6 Å². The van der Waals surface area contributed by atoms with Crippen LogP contribution in [0, 0.1) is 0 Å². The van der Waals surface area contributed by atoms with Gasteiger partial charge in [0, 0.05) is 19.3 Å². The fourth-order valence-corrected chi connectivity index (χ4v) is 6.48. The fraction of sp³-hybridized carbons (Fsp3) is 0.685. The van der Waals surface area contributed by atoms with Crippen LogP contribution in [0.15, 0.2) is 85.1 Å². The van der Waals surface area contributed by atoms with E-state index in [4.69, 9.17) is 14.2 Å². The van der Waals surface area contributed by atoms with Gasteiger partial charge in [0.05, 0.1) is 0 Å². The molecule has 6 heteroatoms. The number of rotatable bonds is 43. The van der Waals surface area contributed by atoms with Crippen molar-refractivity contribution in [2.75, 3.05) is 13.2 Å². The number of ether oxygens (including phenoxy) is 3. The largest absolute Gasteiger partial charge is 0.462 e. The van der Waals surface area contributed by atoms with Crippen LogP contribution in [0.3, 0.4) is 0 Å². The third kappa shape index (κ3) is 45.7. The van der Waals surface area contributed by atoms with E-state index in [0.29, 0.717) is 19.3 Å². The quantitative estimate of drug-likeness (QED) is 0.0263. The van der Waals surface area contributed by atoms with Crippen molar-refractivity contribution < 1.29 is 28.6 Å². The van der Waals surface area contributed by atoms with Crippen molar-refractivity contribution in [3.63, 3.8) is 0 Å². The Balaban J connectivity index is 4.56. The van der Waals surface area contributed by atoms with Crippen molar-refractivity contribution in [3.05, 3.63) is 85.1 Å². The molecule has 0 aliphatic heterocycles. The van der Waals surface area contributed by atoms with Crippen LogP contribution in [0.1, 0.15) is 220 Å². The molecule has 0 N–H and O–H groups in total. The third-order valence-electron chi connectivity index (χ3n) is 10.2. The van der Waals surface area contributed by atoms with E-state index in [2.05, 4.69) is 87.6 Å². The Kier molecular flexibility index (Phi) is 45.5. The number of allylic oxidation sites excluding steroid dienone is 14. The lowest BCUT2D eigenvalue weighted by Crippen LogP contribution is -2.30. The molecule has 0 aliphatic rings. The maximum absolute atomic E-state index is 12.7. The molecule has 0 rings (SSSR count). The van der Waals surface area contributed by atoms with E-state index >= 15 is 0 Å². The highest BCUT2D eigenvalue weighted by Gasteiger charge is 2.19. The monoisotopic (exact) mass is 835 g/mol. The van der Waals surface area contributed by atoms with Gasteiger partial charge in [-0.1, -0.05) is 215 Å².